The number of nitrogens with one attached hydrogen (secondary N) is 2. The van der Waals surface area contributed by atoms with Crippen LogP contribution in [-0.2, 0) is 4.79 Å². The Balaban J connectivity index is 2.04. The zero-order chi connectivity index (χ0) is 18.2. The van der Waals surface area contributed by atoms with Gasteiger partial charge in [-0.1, -0.05) is 6.92 Å². The molecule has 0 aliphatic rings. The maximum Gasteiger partial charge on any atom is 0.255 e. The van der Waals surface area contributed by atoms with Crippen LogP contribution in [0.3, 0.4) is 0 Å². The van der Waals surface area contributed by atoms with Crippen LogP contribution in [0.15, 0.2) is 42.5 Å². The zero-order valence-corrected chi connectivity index (χ0v) is 14.6. The summed E-state index contributed by atoms with van der Waals surface area (Å²) in [5, 5.41) is 5.61. The third kappa shape index (κ3) is 4.97. The van der Waals surface area contributed by atoms with Gasteiger partial charge < -0.3 is 20.1 Å². The summed E-state index contributed by atoms with van der Waals surface area (Å²) < 4.78 is 10.4. The molecule has 6 heteroatoms. The van der Waals surface area contributed by atoms with Gasteiger partial charge in [0, 0.05) is 23.4 Å². The summed E-state index contributed by atoms with van der Waals surface area (Å²) in [6, 6.07) is 11.9. The Hall–Kier alpha value is -3.02. The molecule has 0 fully saturated rings. The summed E-state index contributed by atoms with van der Waals surface area (Å²) >= 11 is 0. The van der Waals surface area contributed by atoms with Crippen LogP contribution in [-0.4, -0.2) is 26.0 Å². The maximum absolute atomic E-state index is 12.4. The first kappa shape index (κ1) is 18.3. The molecule has 6 nitrogen and oxygen atoms in total. The minimum absolute atomic E-state index is 0.0235. The van der Waals surface area contributed by atoms with E-state index in [-0.39, 0.29) is 11.8 Å². The molecule has 0 heterocycles. The highest BCUT2D eigenvalue weighted by Gasteiger charge is 2.11. The fourth-order valence-electron chi connectivity index (χ4n) is 2.27. The van der Waals surface area contributed by atoms with Crippen LogP contribution in [0.1, 0.15) is 30.1 Å². The quantitative estimate of drug-likeness (QED) is 0.804. The number of rotatable bonds is 7. The second-order valence-electron chi connectivity index (χ2n) is 5.40. The van der Waals surface area contributed by atoms with Crippen LogP contribution in [0, 0.1) is 0 Å². The molecule has 2 aromatic rings. The number of carbonyl (C=O) groups excluding carboxylic acids is 2. The lowest BCUT2D eigenvalue weighted by Crippen LogP contribution is -2.13. The molecule has 0 spiro atoms. The molecular formula is C19H22N2O4. The van der Waals surface area contributed by atoms with E-state index in [9.17, 15) is 9.59 Å². The minimum Gasteiger partial charge on any atom is -0.493 e. The van der Waals surface area contributed by atoms with Gasteiger partial charge in [0.25, 0.3) is 5.91 Å². The standard InChI is InChI=1S/C19H22N2O4/c1-4-5-18(22)20-14-7-9-15(10-8-14)21-19(23)13-6-11-16(24-2)17(12-13)25-3/h6-12H,4-5H2,1-3H3,(H,20,22)(H,21,23). The zero-order valence-electron chi connectivity index (χ0n) is 14.6. The van der Waals surface area contributed by atoms with Gasteiger partial charge in [0.15, 0.2) is 11.5 Å². The lowest BCUT2D eigenvalue weighted by Gasteiger charge is -2.10. The SMILES string of the molecule is CCCC(=O)Nc1ccc(NC(=O)c2ccc(OC)c(OC)c2)cc1. The Kier molecular flexibility index (Phi) is 6.39. The van der Waals surface area contributed by atoms with E-state index < -0.39 is 0 Å². The van der Waals surface area contributed by atoms with Gasteiger partial charge in [0.2, 0.25) is 5.91 Å². The maximum atomic E-state index is 12.4. The van der Waals surface area contributed by atoms with E-state index in [1.807, 2.05) is 6.92 Å². The summed E-state index contributed by atoms with van der Waals surface area (Å²) in [6.45, 7) is 1.95. The number of ether oxygens (including phenoxy) is 2. The highest BCUT2D eigenvalue weighted by molar-refractivity contribution is 6.04. The highest BCUT2D eigenvalue weighted by Crippen LogP contribution is 2.28. The van der Waals surface area contributed by atoms with Crippen molar-refractivity contribution in [3.63, 3.8) is 0 Å². The average Bonchev–Trinajstić information content (AvgIpc) is 2.62. The van der Waals surface area contributed by atoms with Gasteiger partial charge in [0.05, 0.1) is 14.2 Å². The van der Waals surface area contributed by atoms with Crippen LogP contribution in [0.2, 0.25) is 0 Å². The van der Waals surface area contributed by atoms with Crippen molar-refractivity contribution >= 4 is 23.2 Å². The molecule has 0 bridgehead atoms. The van der Waals surface area contributed by atoms with Crippen molar-refractivity contribution in [2.24, 2.45) is 0 Å². The van der Waals surface area contributed by atoms with Crippen molar-refractivity contribution in [3.8, 4) is 11.5 Å². The van der Waals surface area contributed by atoms with Gasteiger partial charge in [-0.25, -0.2) is 0 Å². The largest absolute Gasteiger partial charge is 0.493 e. The molecular weight excluding hydrogens is 320 g/mol. The van der Waals surface area contributed by atoms with Crippen LogP contribution in [0.25, 0.3) is 0 Å². The number of carbonyl (C=O) groups is 2. The van der Waals surface area contributed by atoms with E-state index in [0.717, 1.165) is 6.42 Å². The van der Waals surface area contributed by atoms with Crippen molar-refractivity contribution in [3.05, 3.63) is 48.0 Å². The highest BCUT2D eigenvalue weighted by atomic mass is 16.5. The van der Waals surface area contributed by atoms with Crippen molar-refractivity contribution in [1.82, 2.24) is 0 Å². The number of methoxy groups -OCH3 is 2. The van der Waals surface area contributed by atoms with Gasteiger partial charge in [0.1, 0.15) is 0 Å². The van der Waals surface area contributed by atoms with Crippen molar-refractivity contribution < 1.29 is 19.1 Å². The lowest BCUT2D eigenvalue weighted by molar-refractivity contribution is -0.116. The number of hydrogen-bond acceptors (Lipinski definition) is 4. The molecule has 2 N–H and O–H groups in total. The Labute approximate surface area is 147 Å². The smallest absolute Gasteiger partial charge is 0.255 e. The van der Waals surface area contributed by atoms with Crippen LogP contribution >= 0.6 is 0 Å². The molecule has 132 valence electrons. The summed E-state index contributed by atoms with van der Waals surface area (Å²) in [5.41, 5.74) is 1.79. The van der Waals surface area contributed by atoms with E-state index in [2.05, 4.69) is 10.6 Å². The number of hydrogen-bond donors (Lipinski definition) is 2. The van der Waals surface area contributed by atoms with Crippen molar-refractivity contribution in [2.45, 2.75) is 19.8 Å². The summed E-state index contributed by atoms with van der Waals surface area (Å²) in [4.78, 5) is 23.9. The molecule has 0 aliphatic carbocycles. The predicted octanol–water partition coefficient (Wildman–Crippen LogP) is 3.69. The second kappa shape index (κ2) is 8.73. The minimum atomic E-state index is -0.260. The molecule has 0 aliphatic heterocycles. The van der Waals surface area contributed by atoms with Crippen molar-refractivity contribution in [1.29, 1.82) is 0 Å². The Morgan fingerprint density at radius 3 is 2.04 bits per heavy atom. The van der Waals surface area contributed by atoms with Crippen molar-refractivity contribution in [2.75, 3.05) is 24.9 Å². The molecule has 0 saturated carbocycles. The molecule has 0 unspecified atom stereocenters. The van der Waals surface area contributed by atoms with Gasteiger partial charge in [-0.2, -0.15) is 0 Å². The van der Waals surface area contributed by atoms with Gasteiger partial charge >= 0.3 is 0 Å². The summed E-state index contributed by atoms with van der Waals surface area (Å²) in [6.07, 6.45) is 1.28. The van der Waals surface area contributed by atoms with Crippen LogP contribution in [0.4, 0.5) is 11.4 Å². The fraction of sp³-hybridized carbons (Fsp3) is 0.263. The molecule has 0 radical (unpaired) electrons. The monoisotopic (exact) mass is 342 g/mol. The summed E-state index contributed by atoms with van der Waals surface area (Å²) in [7, 11) is 3.06. The van der Waals surface area contributed by atoms with E-state index in [1.54, 1.807) is 49.6 Å². The third-order valence-corrected chi connectivity index (χ3v) is 3.55. The Morgan fingerprint density at radius 2 is 1.48 bits per heavy atom. The first-order chi connectivity index (χ1) is 12.1. The Morgan fingerprint density at radius 1 is 0.880 bits per heavy atom. The topological polar surface area (TPSA) is 76.7 Å². The predicted molar refractivity (Wildman–Crippen MR) is 97.5 cm³/mol. The third-order valence-electron chi connectivity index (χ3n) is 3.55. The van der Waals surface area contributed by atoms with Crippen LogP contribution < -0.4 is 20.1 Å². The second-order valence-corrected chi connectivity index (χ2v) is 5.40. The summed E-state index contributed by atoms with van der Waals surface area (Å²) in [5.74, 6) is 0.767. The molecule has 2 aromatic carbocycles. The Bertz CT molecular complexity index is 742. The molecule has 0 atom stereocenters. The lowest BCUT2D eigenvalue weighted by atomic mass is 10.1. The average molecular weight is 342 g/mol. The molecule has 0 aromatic heterocycles. The molecule has 2 amide bonds. The first-order valence-electron chi connectivity index (χ1n) is 8.00. The molecule has 25 heavy (non-hydrogen) atoms. The number of anilines is 2. The van der Waals surface area contributed by atoms with E-state index in [4.69, 9.17) is 9.47 Å². The first-order valence-corrected chi connectivity index (χ1v) is 8.00. The van der Waals surface area contributed by atoms with E-state index >= 15 is 0 Å². The number of benzene rings is 2. The molecule has 2 rings (SSSR count). The molecule has 0 saturated heterocycles. The number of amides is 2. The van der Waals surface area contributed by atoms with E-state index in [0.29, 0.717) is 34.9 Å². The normalized spacial score (nSPS) is 10.0. The van der Waals surface area contributed by atoms with Crippen LogP contribution in [0.5, 0.6) is 11.5 Å². The van der Waals surface area contributed by atoms with Gasteiger partial charge in [-0.15, -0.1) is 0 Å². The van der Waals surface area contributed by atoms with Gasteiger partial charge in [-0.05, 0) is 48.9 Å². The fourth-order valence-corrected chi connectivity index (χ4v) is 2.27. The van der Waals surface area contributed by atoms with E-state index in [1.165, 1.54) is 7.11 Å². The van der Waals surface area contributed by atoms with Gasteiger partial charge in [-0.3, -0.25) is 9.59 Å².